The molecule has 0 aromatic heterocycles. The van der Waals surface area contributed by atoms with Gasteiger partial charge in [0.2, 0.25) is 5.78 Å². The summed E-state index contributed by atoms with van der Waals surface area (Å²) in [5, 5.41) is 7.58. The van der Waals surface area contributed by atoms with Gasteiger partial charge in [-0.2, -0.15) is 0 Å². The van der Waals surface area contributed by atoms with Crippen molar-refractivity contribution in [1.29, 1.82) is 0 Å². The fourth-order valence-corrected chi connectivity index (χ4v) is 1.48. The van der Waals surface area contributed by atoms with Crippen LogP contribution in [-0.2, 0) is 14.4 Å². The molecule has 2 atom stereocenters. The number of amidine groups is 1. The van der Waals surface area contributed by atoms with Crippen LogP contribution in [0, 0.1) is 0 Å². The summed E-state index contributed by atoms with van der Waals surface area (Å²) in [6.07, 6.45) is 0.714. The molecule has 0 aliphatic carbocycles. The second kappa shape index (κ2) is 4.32. The van der Waals surface area contributed by atoms with Gasteiger partial charge in [0.1, 0.15) is 5.84 Å². The van der Waals surface area contributed by atoms with Crippen molar-refractivity contribution in [2.75, 3.05) is 6.54 Å². The van der Waals surface area contributed by atoms with Crippen LogP contribution in [0.1, 0.15) is 6.92 Å². The molecular formula is C9H11N5O3. The predicted octanol–water partition coefficient (Wildman–Crippen LogP) is -2.45. The van der Waals surface area contributed by atoms with Crippen LogP contribution >= 0.6 is 0 Å². The molecule has 2 aliphatic rings. The number of aliphatic imine (C=N–C) groups is 2. The minimum Gasteiger partial charge on any atom is -0.335 e. The number of fused-ring (bicyclic) bond motifs is 1. The number of hydrogen-bond donors (Lipinski definition) is 3. The first kappa shape index (κ1) is 11.2. The third-order valence-corrected chi connectivity index (χ3v) is 2.28. The Morgan fingerprint density at radius 2 is 2.24 bits per heavy atom. The van der Waals surface area contributed by atoms with Crippen LogP contribution in [0.25, 0.3) is 0 Å². The highest BCUT2D eigenvalue weighted by Crippen LogP contribution is 2.03. The van der Waals surface area contributed by atoms with Gasteiger partial charge >= 0.3 is 0 Å². The summed E-state index contributed by atoms with van der Waals surface area (Å²) in [6, 6.07) is -0.686. The number of rotatable bonds is 2. The molecule has 1 unspecified atom stereocenters. The normalized spacial score (nSPS) is 26.2. The van der Waals surface area contributed by atoms with Crippen molar-refractivity contribution in [2.45, 2.75) is 19.3 Å². The molecule has 17 heavy (non-hydrogen) atoms. The van der Waals surface area contributed by atoms with Gasteiger partial charge in [-0.3, -0.25) is 24.4 Å². The summed E-state index contributed by atoms with van der Waals surface area (Å²) >= 11 is 0. The van der Waals surface area contributed by atoms with E-state index in [0.29, 0.717) is 12.4 Å². The van der Waals surface area contributed by atoms with Gasteiger partial charge in [-0.05, 0) is 0 Å². The molecule has 2 heterocycles. The zero-order valence-electron chi connectivity index (χ0n) is 9.06. The highest BCUT2D eigenvalue weighted by atomic mass is 16.2. The van der Waals surface area contributed by atoms with Gasteiger partial charge in [0.05, 0.1) is 6.54 Å². The summed E-state index contributed by atoms with van der Waals surface area (Å²) < 4.78 is 0. The Labute approximate surface area is 96.6 Å². The maximum absolute atomic E-state index is 11.6. The Kier molecular flexibility index (Phi) is 2.86. The Morgan fingerprint density at radius 3 is 2.94 bits per heavy atom. The highest BCUT2D eigenvalue weighted by Gasteiger charge is 2.34. The first-order valence-corrected chi connectivity index (χ1v) is 5.02. The van der Waals surface area contributed by atoms with Crippen LogP contribution in [0.15, 0.2) is 9.98 Å². The third-order valence-electron chi connectivity index (χ3n) is 2.28. The van der Waals surface area contributed by atoms with Gasteiger partial charge in [0.15, 0.2) is 12.3 Å². The second-order valence-electron chi connectivity index (χ2n) is 3.58. The van der Waals surface area contributed by atoms with Crippen molar-refractivity contribution in [2.24, 2.45) is 9.98 Å². The molecule has 2 amide bonds. The van der Waals surface area contributed by atoms with E-state index in [4.69, 9.17) is 0 Å². The molecule has 1 saturated heterocycles. The average Bonchev–Trinajstić information content (AvgIpc) is 2.29. The van der Waals surface area contributed by atoms with Crippen molar-refractivity contribution in [3.63, 3.8) is 0 Å². The van der Waals surface area contributed by atoms with E-state index in [1.807, 2.05) is 0 Å². The van der Waals surface area contributed by atoms with Gasteiger partial charge in [0.25, 0.3) is 11.8 Å². The van der Waals surface area contributed by atoms with Gasteiger partial charge in [-0.15, -0.1) is 0 Å². The van der Waals surface area contributed by atoms with E-state index < -0.39 is 24.0 Å². The molecular weight excluding hydrogens is 226 g/mol. The number of carbonyl (C=O) groups is 3. The first-order valence-electron chi connectivity index (χ1n) is 5.02. The van der Waals surface area contributed by atoms with E-state index >= 15 is 0 Å². The molecule has 3 N–H and O–H groups in total. The summed E-state index contributed by atoms with van der Waals surface area (Å²) in [6.45, 7) is 1.53. The van der Waals surface area contributed by atoms with Crippen LogP contribution in [0.5, 0.6) is 0 Å². The summed E-state index contributed by atoms with van der Waals surface area (Å²) in [5.74, 6) is -1.38. The lowest BCUT2D eigenvalue weighted by Crippen LogP contribution is -2.68. The minimum atomic E-state index is -0.831. The number of nitrogens with one attached hydrogen (secondary N) is 3. The number of amides is 2. The van der Waals surface area contributed by atoms with E-state index in [9.17, 15) is 14.4 Å². The molecule has 2 aliphatic heterocycles. The third kappa shape index (κ3) is 2.30. The topological polar surface area (TPSA) is 112 Å². The highest BCUT2D eigenvalue weighted by molar-refractivity contribution is 6.35. The SMILES string of the molecule is CC(=O)C(=O)N[C@H]1NC(=O)C2N=CCN=C2N1. The first-order chi connectivity index (χ1) is 8.08. The lowest BCUT2D eigenvalue weighted by molar-refractivity contribution is -0.137. The quantitative estimate of drug-likeness (QED) is 0.462. The lowest BCUT2D eigenvalue weighted by Gasteiger charge is -2.31. The number of Topliss-reactive ketones (excluding diaryl/α,β-unsaturated/α-hetero) is 1. The number of nitrogens with zero attached hydrogens (tertiary/aromatic N) is 2. The second-order valence-corrected chi connectivity index (χ2v) is 3.58. The van der Waals surface area contributed by atoms with Crippen molar-refractivity contribution in [3.8, 4) is 0 Å². The lowest BCUT2D eigenvalue weighted by atomic mass is 10.2. The van der Waals surface area contributed by atoms with Crippen LogP contribution in [0.2, 0.25) is 0 Å². The fourth-order valence-electron chi connectivity index (χ4n) is 1.48. The van der Waals surface area contributed by atoms with E-state index in [0.717, 1.165) is 6.92 Å². The number of carbonyl (C=O) groups excluding carboxylic acids is 3. The standard InChI is InChI=1S/C9H11N5O3/c1-4(15)7(16)13-9-12-6-5(8(17)14-9)10-2-3-11-6/h2,5,9H,3H2,1H3,(H,11,12)(H,13,16)(H,14,17)/t5?,9-/m0/s1. The van der Waals surface area contributed by atoms with E-state index in [2.05, 4.69) is 25.9 Å². The van der Waals surface area contributed by atoms with Crippen molar-refractivity contribution in [1.82, 2.24) is 16.0 Å². The Balaban J connectivity index is 2.04. The van der Waals surface area contributed by atoms with Crippen molar-refractivity contribution in [3.05, 3.63) is 0 Å². The summed E-state index contributed by atoms with van der Waals surface area (Å²) in [5.41, 5.74) is 0. The van der Waals surface area contributed by atoms with Crippen LogP contribution in [-0.4, -0.2) is 48.5 Å². The zero-order valence-corrected chi connectivity index (χ0v) is 9.06. The molecule has 0 aromatic rings. The Bertz CT molecular complexity index is 442. The van der Waals surface area contributed by atoms with E-state index in [1.165, 1.54) is 0 Å². The van der Waals surface area contributed by atoms with Crippen molar-refractivity contribution >= 4 is 29.6 Å². The number of hydrogen-bond acceptors (Lipinski definition) is 6. The molecule has 90 valence electrons. The van der Waals surface area contributed by atoms with E-state index in [1.54, 1.807) is 6.21 Å². The molecule has 0 spiro atoms. The maximum Gasteiger partial charge on any atom is 0.290 e. The summed E-state index contributed by atoms with van der Waals surface area (Å²) in [4.78, 5) is 41.6. The van der Waals surface area contributed by atoms with Crippen LogP contribution in [0.4, 0.5) is 0 Å². The summed E-state index contributed by atoms with van der Waals surface area (Å²) in [7, 11) is 0. The molecule has 0 radical (unpaired) electrons. The minimum absolute atomic E-state index is 0.368. The van der Waals surface area contributed by atoms with Gasteiger partial charge in [-0.25, -0.2) is 0 Å². The zero-order chi connectivity index (χ0) is 12.4. The maximum atomic E-state index is 11.6. The number of ketones is 1. The molecule has 0 aromatic carbocycles. The smallest absolute Gasteiger partial charge is 0.290 e. The van der Waals surface area contributed by atoms with Crippen LogP contribution < -0.4 is 16.0 Å². The van der Waals surface area contributed by atoms with Gasteiger partial charge in [0, 0.05) is 13.1 Å². The van der Waals surface area contributed by atoms with E-state index in [-0.39, 0.29) is 5.91 Å². The van der Waals surface area contributed by atoms with Gasteiger partial charge < -0.3 is 16.0 Å². The van der Waals surface area contributed by atoms with Crippen LogP contribution in [0.3, 0.4) is 0 Å². The molecule has 2 rings (SSSR count). The largest absolute Gasteiger partial charge is 0.335 e. The monoisotopic (exact) mass is 237 g/mol. The fraction of sp³-hybridized carbons (Fsp3) is 0.444. The molecule has 8 heteroatoms. The van der Waals surface area contributed by atoms with Gasteiger partial charge in [-0.1, -0.05) is 0 Å². The average molecular weight is 237 g/mol. The molecule has 0 bridgehead atoms. The van der Waals surface area contributed by atoms with Crippen molar-refractivity contribution < 1.29 is 14.4 Å². The predicted molar refractivity (Wildman–Crippen MR) is 58.5 cm³/mol. The Hall–Kier alpha value is -2.25. The molecule has 8 nitrogen and oxygen atoms in total. The Morgan fingerprint density at radius 1 is 1.47 bits per heavy atom. The molecule has 0 saturated carbocycles. The molecule has 1 fully saturated rings.